The molecule has 0 aliphatic rings. The van der Waals surface area contributed by atoms with Crippen molar-refractivity contribution < 1.29 is 34.1 Å². The average molecular weight is 246 g/mol. The first-order valence-corrected chi connectivity index (χ1v) is 4.75. The van der Waals surface area contributed by atoms with E-state index in [2.05, 4.69) is 4.74 Å². The van der Waals surface area contributed by atoms with Crippen LogP contribution in [0, 0.1) is 0 Å². The van der Waals surface area contributed by atoms with E-state index in [1.165, 1.54) is 0 Å². The van der Waals surface area contributed by atoms with E-state index in [0.717, 1.165) is 20.8 Å². The van der Waals surface area contributed by atoms with E-state index in [-0.39, 0.29) is 0 Å². The molecule has 0 fully saturated rings. The van der Waals surface area contributed by atoms with Crippen molar-refractivity contribution in [3.05, 3.63) is 0 Å². The zero-order chi connectivity index (χ0) is 13.8. The zero-order valence-electron chi connectivity index (χ0n) is 9.72. The summed E-state index contributed by atoms with van der Waals surface area (Å²) < 4.78 is 4.51. The number of ether oxygens (including phenoxy) is 1. The number of esters is 1. The summed E-state index contributed by atoms with van der Waals surface area (Å²) in [5, 5.41) is 18.3. The number of Topliss-reactive ketones (excluding diaryl/α,β-unsaturated/α-hetero) is 3. The van der Waals surface area contributed by atoms with Crippen LogP contribution >= 0.6 is 0 Å². The highest BCUT2D eigenvalue weighted by atomic mass is 16.6. The van der Waals surface area contributed by atoms with E-state index >= 15 is 0 Å². The third-order valence-electron chi connectivity index (χ3n) is 2.13. The average Bonchev–Trinajstić information content (AvgIpc) is 2.22. The molecule has 2 N–H and O–H groups in total. The summed E-state index contributed by atoms with van der Waals surface area (Å²) in [7, 11) is 0. The van der Waals surface area contributed by atoms with Gasteiger partial charge in [0.15, 0.2) is 11.6 Å². The van der Waals surface area contributed by atoms with E-state index < -0.39 is 41.6 Å². The number of hydrogen-bond acceptors (Lipinski definition) is 7. The smallest absolute Gasteiger partial charge is 0.304 e. The summed E-state index contributed by atoms with van der Waals surface area (Å²) in [6, 6.07) is 0. The molecule has 0 amide bonds. The molecule has 7 nitrogen and oxygen atoms in total. The Morgan fingerprint density at radius 3 is 1.88 bits per heavy atom. The maximum absolute atomic E-state index is 11.6. The summed E-state index contributed by atoms with van der Waals surface area (Å²) in [6.07, 6.45) is -1.99. The molecule has 0 saturated carbocycles. The predicted octanol–water partition coefficient (Wildman–Crippen LogP) is -1.61. The van der Waals surface area contributed by atoms with Crippen LogP contribution in [0.5, 0.6) is 0 Å². The fourth-order valence-electron chi connectivity index (χ4n) is 1.35. The Morgan fingerprint density at radius 1 is 1.18 bits per heavy atom. The van der Waals surface area contributed by atoms with Crippen molar-refractivity contribution in [1.29, 1.82) is 0 Å². The highest BCUT2D eigenvalue weighted by Crippen LogP contribution is 2.21. The molecule has 0 aliphatic heterocycles. The third kappa shape index (κ3) is 2.95. The molecule has 0 heterocycles. The Hall–Kier alpha value is -1.60. The molecule has 0 radical (unpaired) electrons. The van der Waals surface area contributed by atoms with Crippen LogP contribution in [0.25, 0.3) is 0 Å². The summed E-state index contributed by atoms with van der Waals surface area (Å²) in [6.45, 7) is 1.65. The van der Waals surface area contributed by atoms with E-state index in [9.17, 15) is 24.3 Å². The lowest BCUT2D eigenvalue weighted by molar-refractivity contribution is -0.186. The second-order valence-corrected chi connectivity index (χ2v) is 3.47. The molecular formula is C10H14O7. The predicted molar refractivity (Wildman–Crippen MR) is 54.0 cm³/mol. The van der Waals surface area contributed by atoms with E-state index in [0.29, 0.717) is 0 Å². The molecule has 96 valence electrons. The van der Waals surface area contributed by atoms with Gasteiger partial charge in [0.2, 0.25) is 0 Å². The summed E-state index contributed by atoms with van der Waals surface area (Å²) in [4.78, 5) is 44.9. The minimum Gasteiger partial charge on any atom is -0.440 e. The molecule has 0 aromatic rings. The summed E-state index contributed by atoms with van der Waals surface area (Å²) in [5.41, 5.74) is -2.66. The van der Waals surface area contributed by atoms with Gasteiger partial charge in [-0.3, -0.25) is 19.2 Å². The molecule has 2 atom stereocenters. The van der Waals surface area contributed by atoms with Crippen molar-refractivity contribution in [3.8, 4) is 0 Å². The lowest BCUT2D eigenvalue weighted by Crippen LogP contribution is -2.61. The number of aliphatic hydroxyl groups excluding tert-OH is 2. The molecule has 2 unspecified atom stereocenters. The first-order chi connectivity index (χ1) is 7.70. The minimum atomic E-state index is -2.66. The van der Waals surface area contributed by atoms with Crippen molar-refractivity contribution in [3.63, 3.8) is 0 Å². The number of carbonyl (C=O) groups is 4. The molecule has 0 spiro atoms. The van der Waals surface area contributed by atoms with E-state index in [4.69, 9.17) is 5.11 Å². The minimum absolute atomic E-state index is 0.869. The number of hydrogen-bond donors (Lipinski definition) is 2. The molecule has 0 bridgehead atoms. The normalized spacial score (nSPS) is 15.6. The Kier molecular flexibility index (Phi) is 5.11. The second-order valence-electron chi connectivity index (χ2n) is 3.47. The molecule has 0 saturated heterocycles. The summed E-state index contributed by atoms with van der Waals surface area (Å²) in [5.74, 6) is -4.49. The maximum atomic E-state index is 11.6. The van der Waals surface area contributed by atoms with Gasteiger partial charge in [0.1, 0.15) is 6.10 Å². The van der Waals surface area contributed by atoms with Crippen LogP contribution in [-0.4, -0.2) is 51.8 Å². The first kappa shape index (κ1) is 15.4. The zero-order valence-corrected chi connectivity index (χ0v) is 9.72. The van der Waals surface area contributed by atoms with Gasteiger partial charge in [0, 0.05) is 13.8 Å². The van der Waals surface area contributed by atoms with E-state index in [1.807, 2.05) is 0 Å². The van der Waals surface area contributed by atoms with Crippen LogP contribution in [0.2, 0.25) is 0 Å². The number of rotatable bonds is 6. The summed E-state index contributed by atoms with van der Waals surface area (Å²) >= 11 is 0. The van der Waals surface area contributed by atoms with Gasteiger partial charge in [0.05, 0.1) is 6.61 Å². The van der Waals surface area contributed by atoms with Gasteiger partial charge in [-0.25, -0.2) is 0 Å². The van der Waals surface area contributed by atoms with Gasteiger partial charge in [-0.15, -0.1) is 0 Å². The van der Waals surface area contributed by atoms with Crippen LogP contribution < -0.4 is 0 Å². The van der Waals surface area contributed by atoms with Crippen LogP contribution in [0.1, 0.15) is 20.8 Å². The Labute approximate surface area is 97.4 Å². The topological polar surface area (TPSA) is 118 Å². The van der Waals surface area contributed by atoms with Gasteiger partial charge in [0.25, 0.3) is 11.4 Å². The third-order valence-corrected chi connectivity index (χ3v) is 2.13. The fourth-order valence-corrected chi connectivity index (χ4v) is 1.35. The highest BCUT2D eigenvalue weighted by molar-refractivity contribution is 6.44. The standard InChI is InChI=1S/C10H14O7/c1-5(12)9(16)10(6(2)13,8(15)4-11)17-7(3)14/h8,11,15H,4H2,1-3H3. The lowest BCUT2D eigenvalue weighted by atomic mass is 9.85. The van der Waals surface area contributed by atoms with Crippen molar-refractivity contribution in [2.24, 2.45) is 0 Å². The Balaban J connectivity index is 5.72. The van der Waals surface area contributed by atoms with Crippen molar-refractivity contribution in [1.82, 2.24) is 0 Å². The first-order valence-electron chi connectivity index (χ1n) is 4.75. The van der Waals surface area contributed by atoms with Gasteiger partial charge in [-0.05, 0) is 6.92 Å². The van der Waals surface area contributed by atoms with Crippen molar-refractivity contribution >= 4 is 23.3 Å². The van der Waals surface area contributed by atoms with Crippen molar-refractivity contribution in [2.75, 3.05) is 6.61 Å². The second kappa shape index (κ2) is 5.65. The highest BCUT2D eigenvalue weighted by Gasteiger charge is 2.54. The van der Waals surface area contributed by atoms with Crippen molar-refractivity contribution in [2.45, 2.75) is 32.5 Å². The number of carbonyl (C=O) groups excluding carboxylic acids is 4. The number of aliphatic hydroxyl groups is 2. The molecule has 0 aliphatic carbocycles. The van der Waals surface area contributed by atoms with Gasteiger partial charge in [-0.2, -0.15) is 0 Å². The van der Waals surface area contributed by atoms with Crippen LogP contribution in [0.4, 0.5) is 0 Å². The van der Waals surface area contributed by atoms with Crippen LogP contribution in [0.3, 0.4) is 0 Å². The molecule has 0 aromatic carbocycles. The molecule has 7 heteroatoms. The molecule has 17 heavy (non-hydrogen) atoms. The fraction of sp³-hybridized carbons (Fsp3) is 0.600. The Bertz CT molecular complexity index is 360. The lowest BCUT2D eigenvalue weighted by Gasteiger charge is -2.31. The van der Waals surface area contributed by atoms with Gasteiger partial charge in [-0.1, -0.05) is 0 Å². The van der Waals surface area contributed by atoms with Crippen LogP contribution in [-0.2, 0) is 23.9 Å². The van der Waals surface area contributed by atoms with Crippen LogP contribution in [0.15, 0.2) is 0 Å². The molecule has 0 rings (SSSR count). The SMILES string of the molecule is CC(=O)OC(C(C)=O)(C(=O)C(C)=O)C(O)CO. The largest absolute Gasteiger partial charge is 0.440 e. The monoisotopic (exact) mass is 246 g/mol. The molecule has 0 aromatic heterocycles. The Morgan fingerprint density at radius 2 is 1.65 bits per heavy atom. The van der Waals surface area contributed by atoms with E-state index in [1.54, 1.807) is 0 Å². The number of ketones is 3. The van der Waals surface area contributed by atoms with Gasteiger partial charge < -0.3 is 14.9 Å². The maximum Gasteiger partial charge on any atom is 0.304 e. The molecular weight excluding hydrogens is 232 g/mol. The quantitative estimate of drug-likeness (QED) is 0.329. The van der Waals surface area contributed by atoms with Gasteiger partial charge >= 0.3 is 5.97 Å².